The van der Waals surface area contributed by atoms with E-state index < -0.39 is 5.56 Å². The first-order valence-electron chi connectivity index (χ1n) is 8.21. The van der Waals surface area contributed by atoms with Gasteiger partial charge in [-0.1, -0.05) is 54.6 Å². The fraction of sp³-hybridized carbons (Fsp3) is 0.0909. The van der Waals surface area contributed by atoms with Crippen LogP contribution in [-0.2, 0) is 6.61 Å². The molecule has 3 nitrogen and oxygen atoms in total. The van der Waals surface area contributed by atoms with Crippen molar-refractivity contribution >= 4 is 11.6 Å². The highest BCUT2D eigenvalue weighted by molar-refractivity contribution is 6.20. The van der Waals surface area contributed by atoms with Crippen molar-refractivity contribution in [2.45, 2.75) is 12.2 Å². The first-order chi connectivity index (χ1) is 12.7. The molecular formula is C22H19ClO3. The van der Waals surface area contributed by atoms with Crippen LogP contribution < -0.4 is 14.2 Å². The molecule has 0 N–H and O–H groups in total. The number of hydrogen-bond acceptors (Lipinski definition) is 3. The maximum absolute atomic E-state index is 6.02. The Hall–Kier alpha value is -2.91. The zero-order valence-corrected chi connectivity index (χ0v) is 14.9. The fourth-order valence-electron chi connectivity index (χ4n) is 2.29. The second-order valence-electron chi connectivity index (χ2n) is 5.49. The Bertz CT molecular complexity index is 835. The molecule has 0 saturated carbocycles. The van der Waals surface area contributed by atoms with Crippen molar-refractivity contribution in [3.05, 3.63) is 97.1 Å². The molecule has 132 valence electrons. The van der Waals surface area contributed by atoms with Gasteiger partial charge >= 0.3 is 0 Å². The van der Waals surface area contributed by atoms with Gasteiger partial charge in [-0.3, -0.25) is 0 Å². The van der Waals surface area contributed by atoms with Gasteiger partial charge in [0.1, 0.15) is 29.6 Å². The number of rotatable bonds is 8. The lowest BCUT2D eigenvalue weighted by Gasteiger charge is -2.15. The summed E-state index contributed by atoms with van der Waals surface area (Å²) in [4.78, 5) is 0. The van der Waals surface area contributed by atoms with E-state index in [1.807, 2.05) is 72.8 Å². The van der Waals surface area contributed by atoms with Crippen molar-refractivity contribution in [2.24, 2.45) is 0 Å². The molecule has 0 aromatic heterocycles. The van der Waals surface area contributed by atoms with Gasteiger partial charge in [0.2, 0.25) is 0 Å². The van der Waals surface area contributed by atoms with Crippen LogP contribution in [0.1, 0.15) is 5.56 Å². The van der Waals surface area contributed by atoms with Crippen molar-refractivity contribution in [1.29, 1.82) is 0 Å². The molecule has 0 amide bonds. The van der Waals surface area contributed by atoms with Crippen molar-refractivity contribution < 1.29 is 14.2 Å². The van der Waals surface area contributed by atoms with E-state index in [1.54, 1.807) is 6.07 Å². The summed E-state index contributed by atoms with van der Waals surface area (Å²) in [6.45, 7) is 3.99. The van der Waals surface area contributed by atoms with E-state index in [-0.39, 0.29) is 0 Å². The third kappa shape index (κ3) is 5.04. The highest BCUT2D eigenvalue weighted by atomic mass is 35.5. The monoisotopic (exact) mass is 366 g/mol. The molecule has 1 unspecified atom stereocenters. The van der Waals surface area contributed by atoms with Crippen LogP contribution in [0.2, 0.25) is 0 Å². The maximum Gasteiger partial charge on any atom is 0.190 e. The minimum atomic E-state index is -0.606. The van der Waals surface area contributed by atoms with Gasteiger partial charge in [-0.2, -0.15) is 0 Å². The standard InChI is InChI=1S/C22H19ClO3/c1-2-22(23)26-20-14-13-17(16-24-18-9-5-3-6-10-18)21(15-20)25-19-11-7-4-8-12-19/h2-15,22H,1,16H2. The van der Waals surface area contributed by atoms with Gasteiger partial charge in [0.25, 0.3) is 0 Å². The van der Waals surface area contributed by atoms with Gasteiger partial charge < -0.3 is 14.2 Å². The van der Waals surface area contributed by atoms with Crippen LogP contribution in [0.25, 0.3) is 0 Å². The Morgan fingerprint density at radius 3 is 2.15 bits per heavy atom. The molecule has 4 heteroatoms. The lowest BCUT2D eigenvalue weighted by molar-refractivity contribution is 0.298. The van der Waals surface area contributed by atoms with Crippen molar-refractivity contribution in [3.63, 3.8) is 0 Å². The van der Waals surface area contributed by atoms with E-state index in [0.717, 1.165) is 17.1 Å². The molecule has 0 bridgehead atoms. The van der Waals surface area contributed by atoms with Crippen LogP contribution >= 0.6 is 11.6 Å². The normalized spacial score (nSPS) is 11.4. The number of halogens is 1. The van der Waals surface area contributed by atoms with E-state index in [0.29, 0.717) is 18.1 Å². The van der Waals surface area contributed by atoms with Crippen LogP contribution in [0.15, 0.2) is 91.5 Å². The van der Waals surface area contributed by atoms with E-state index in [4.69, 9.17) is 25.8 Å². The largest absolute Gasteiger partial charge is 0.489 e. The van der Waals surface area contributed by atoms with Gasteiger partial charge in [-0.25, -0.2) is 0 Å². The van der Waals surface area contributed by atoms with E-state index in [2.05, 4.69) is 6.58 Å². The van der Waals surface area contributed by atoms with Crippen LogP contribution in [0.5, 0.6) is 23.0 Å². The van der Waals surface area contributed by atoms with E-state index >= 15 is 0 Å². The average Bonchev–Trinajstić information content (AvgIpc) is 2.69. The molecule has 0 aliphatic carbocycles. The SMILES string of the molecule is C=CC(Cl)Oc1ccc(COc2ccccc2)c(Oc2ccccc2)c1. The number of hydrogen-bond donors (Lipinski definition) is 0. The zero-order valence-electron chi connectivity index (χ0n) is 14.2. The molecule has 3 rings (SSSR count). The fourth-order valence-corrected chi connectivity index (χ4v) is 2.40. The summed E-state index contributed by atoms with van der Waals surface area (Å²) in [5, 5.41) is 0. The molecule has 0 aliphatic heterocycles. The minimum absolute atomic E-state index is 0.373. The zero-order chi connectivity index (χ0) is 18.2. The van der Waals surface area contributed by atoms with Gasteiger partial charge in [-0.05, 0) is 42.5 Å². The summed E-state index contributed by atoms with van der Waals surface area (Å²) in [7, 11) is 0. The highest BCUT2D eigenvalue weighted by Crippen LogP contribution is 2.31. The average molecular weight is 367 g/mol. The topological polar surface area (TPSA) is 27.7 Å². The quantitative estimate of drug-likeness (QED) is 0.351. The third-order valence-corrected chi connectivity index (χ3v) is 3.85. The number of benzene rings is 3. The molecule has 0 radical (unpaired) electrons. The minimum Gasteiger partial charge on any atom is -0.489 e. The predicted octanol–water partition coefficient (Wildman–Crippen LogP) is 6.19. The third-order valence-electron chi connectivity index (χ3n) is 3.58. The Kier molecular flexibility index (Phi) is 6.18. The molecule has 0 heterocycles. The lowest BCUT2D eigenvalue weighted by atomic mass is 10.2. The summed E-state index contributed by atoms with van der Waals surface area (Å²) in [5.41, 5.74) is 0.292. The summed E-state index contributed by atoms with van der Waals surface area (Å²) in [6, 6.07) is 24.7. The summed E-state index contributed by atoms with van der Waals surface area (Å²) < 4.78 is 17.5. The Morgan fingerprint density at radius 1 is 0.846 bits per heavy atom. The second-order valence-corrected chi connectivity index (χ2v) is 5.92. The molecular weight excluding hydrogens is 348 g/mol. The number of alkyl halides is 1. The first-order valence-corrected chi connectivity index (χ1v) is 8.65. The molecule has 0 saturated heterocycles. The molecule has 0 aliphatic rings. The smallest absolute Gasteiger partial charge is 0.190 e. The molecule has 0 fully saturated rings. The summed E-state index contributed by atoms with van der Waals surface area (Å²) in [5.74, 6) is 2.78. The molecule has 26 heavy (non-hydrogen) atoms. The van der Waals surface area contributed by atoms with Crippen LogP contribution in [0, 0.1) is 0 Å². The van der Waals surface area contributed by atoms with Crippen LogP contribution in [-0.4, -0.2) is 5.56 Å². The van der Waals surface area contributed by atoms with E-state index in [1.165, 1.54) is 6.08 Å². The van der Waals surface area contributed by atoms with Crippen molar-refractivity contribution in [1.82, 2.24) is 0 Å². The van der Waals surface area contributed by atoms with Crippen molar-refractivity contribution in [2.75, 3.05) is 0 Å². The van der Waals surface area contributed by atoms with Gasteiger partial charge in [0, 0.05) is 11.6 Å². The first kappa shape index (κ1) is 17.9. The van der Waals surface area contributed by atoms with Crippen LogP contribution in [0.3, 0.4) is 0 Å². The van der Waals surface area contributed by atoms with Gasteiger partial charge in [0.15, 0.2) is 5.56 Å². The molecule has 0 spiro atoms. The summed E-state index contributed by atoms with van der Waals surface area (Å²) in [6.07, 6.45) is 1.52. The van der Waals surface area contributed by atoms with Crippen LogP contribution in [0.4, 0.5) is 0 Å². The lowest BCUT2D eigenvalue weighted by Crippen LogP contribution is -2.05. The molecule has 1 atom stereocenters. The molecule has 3 aromatic rings. The highest BCUT2D eigenvalue weighted by Gasteiger charge is 2.10. The number of ether oxygens (including phenoxy) is 3. The van der Waals surface area contributed by atoms with E-state index in [9.17, 15) is 0 Å². The number of para-hydroxylation sites is 2. The Morgan fingerprint density at radius 2 is 1.50 bits per heavy atom. The maximum atomic E-state index is 6.02. The van der Waals surface area contributed by atoms with Gasteiger partial charge in [0.05, 0.1) is 0 Å². The Labute approximate surface area is 158 Å². The van der Waals surface area contributed by atoms with Crippen molar-refractivity contribution in [3.8, 4) is 23.0 Å². The second kappa shape index (κ2) is 8.97. The predicted molar refractivity (Wildman–Crippen MR) is 104 cm³/mol. The molecule has 3 aromatic carbocycles. The summed E-state index contributed by atoms with van der Waals surface area (Å²) >= 11 is 5.99. The Balaban J connectivity index is 1.82. The van der Waals surface area contributed by atoms with Gasteiger partial charge in [-0.15, -0.1) is 0 Å².